The van der Waals surface area contributed by atoms with Gasteiger partial charge >= 0.3 is 0 Å². The summed E-state index contributed by atoms with van der Waals surface area (Å²) in [5, 5.41) is 3.49. The molecule has 0 saturated carbocycles. The van der Waals surface area contributed by atoms with Crippen LogP contribution in [0.25, 0.3) is 11.0 Å². The van der Waals surface area contributed by atoms with Crippen LogP contribution < -0.4 is 10.2 Å². The molecule has 0 spiro atoms. The third kappa shape index (κ3) is 1.56. The predicted octanol–water partition coefficient (Wildman–Crippen LogP) is 1.43. The van der Waals surface area contributed by atoms with Gasteiger partial charge in [-0.05, 0) is 31.0 Å². The summed E-state index contributed by atoms with van der Waals surface area (Å²) in [5.41, 5.74) is 1.96. The first-order chi connectivity index (χ1) is 8.90. The van der Waals surface area contributed by atoms with Crippen LogP contribution in [0.4, 0.5) is 5.82 Å². The van der Waals surface area contributed by atoms with Crippen LogP contribution in [-0.4, -0.2) is 35.6 Å². The highest BCUT2D eigenvalue weighted by Crippen LogP contribution is 2.27. The summed E-state index contributed by atoms with van der Waals surface area (Å²) in [7, 11) is 0. The number of hydrogen-bond acceptors (Lipinski definition) is 4. The van der Waals surface area contributed by atoms with E-state index in [2.05, 4.69) is 15.2 Å². The van der Waals surface area contributed by atoms with E-state index in [1.165, 1.54) is 13.0 Å². The van der Waals surface area contributed by atoms with Crippen LogP contribution in [0.15, 0.2) is 30.5 Å². The number of para-hydroxylation sites is 2. The van der Waals surface area contributed by atoms with E-state index in [1.807, 2.05) is 30.5 Å². The molecule has 92 valence electrons. The van der Waals surface area contributed by atoms with Crippen molar-refractivity contribution in [3.05, 3.63) is 30.5 Å². The van der Waals surface area contributed by atoms with Gasteiger partial charge in [-0.15, -0.1) is 0 Å². The van der Waals surface area contributed by atoms with Gasteiger partial charge in [-0.1, -0.05) is 12.1 Å². The van der Waals surface area contributed by atoms with Crippen molar-refractivity contribution in [2.45, 2.75) is 12.5 Å². The topological polar surface area (TPSA) is 41.1 Å². The molecule has 1 N–H and O–H groups in total. The molecule has 4 heteroatoms. The van der Waals surface area contributed by atoms with Crippen molar-refractivity contribution in [3.63, 3.8) is 0 Å². The minimum atomic E-state index is 0.659. The van der Waals surface area contributed by atoms with E-state index < -0.39 is 0 Å². The van der Waals surface area contributed by atoms with E-state index in [1.54, 1.807) is 0 Å². The molecule has 0 bridgehead atoms. The van der Waals surface area contributed by atoms with Crippen molar-refractivity contribution in [3.8, 4) is 0 Å². The lowest BCUT2D eigenvalue weighted by Crippen LogP contribution is -2.62. The average Bonchev–Trinajstić information content (AvgIpc) is 2.40. The first kappa shape index (κ1) is 10.3. The van der Waals surface area contributed by atoms with Crippen molar-refractivity contribution in [1.82, 2.24) is 15.3 Å². The Hall–Kier alpha value is -1.68. The van der Waals surface area contributed by atoms with E-state index in [-0.39, 0.29) is 0 Å². The van der Waals surface area contributed by atoms with Crippen LogP contribution in [0.3, 0.4) is 0 Å². The smallest absolute Gasteiger partial charge is 0.147 e. The molecule has 4 rings (SSSR count). The highest BCUT2D eigenvalue weighted by atomic mass is 15.2. The summed E-state index contributed by atoms with van der Waals surface area (Å²) in [6, 6.07) is 8.71. The average molecular weight is 240 g/mol. The van der Waals surface area contributed by atoms with E-state index in [9.17, 15) is 0 Å². The fraction of sp³-hybridized carbons (Fsp3) is 0.429. The SMILES string of the molecule is c1ccc2nc(N3CCC4CNC4C3)cnc2c1. The molecule has 2 aliphatic rings. The second-order valence-electron chi connectivity index (χ2n) is 5.23. The lowest BCUT2D eigenvalue weighted by atomic mass is 9.85. The fourth-order valence-corrected chi connectivity index (χ4v) is 2.93. The Labute approximate surface area is 106 Å². The Kier molecular flexibility index (Phi) is 2.23. The van der Waals surface area contributed by atoms with Gasteiger partial charge in [-0.2, -0.15) is 0 Å². The van der Waals surface area contributed by atoms with Crippen LogP contribution in [0.1, 0.15) is 6.42 Å². The van der Waals surface area contributed by atoms with Gasteiger partial charge in [0, 0.05) is 19.1 Å². The van der Waals surface area contributed by atoms with Crippen molar-refractivity contribution in [1.29, 1.82) is 0 Å². The number of nitrogens with zero attached hydrogens (tertiary/aromatic N) is 3. The summed E-state index contributed by atoms with van der Waals surface area (Å²) in [4.78, 5) is 11.6. The number of fused-ring (bicyclic) bond motifs is 2. The standard InChI is InChI=1S/C14H16N4/c1-2-4-12-11(3-1)16-8-14(17-12)18-6-5-10-7-15-13(10)9-18/h1-4,8,10,13,15H,5-7,9H2. The molecule has 4 nitrogen and oxygen atoms in total. The van der Waals surface area contributed by atoms with Gasteiger partial charge in [0.1, 0.15) is 5.82 Å². The molecular formula is C14H16N4. The molecule has 2 aromatic rings. The van der Waals surface area contributed by atoms with Gasteiger partial charge in [0.15, 0.2) is 0 Å². The summed E-state index contributed by atoms with van der Waals surface area (Å²) in [6.45, 7) is 3.37. The predicted molar refractivity (Wildman–Crippen MR) is 71.6 cm³/mol. The molecule has 3 heterocycles. The Morgan fingerprint density at radius 2 is 2.11 bits per heavy atom. The van der Waals surface area contributed by atoms with Gasteiger partial charge in [0.2, 0.25) is 0 Å². The molecule has 2 atom stereocenters. The lowest BCUT2D eigenvalue weighted by molar-refractivity contribution is 0.196. The van der Waals surface area contributed by atoms with E-state index in [0.717, 1.165) is 35.9 Å². The summed E-state index contributed by atoms with van der Waals surface area (Å²) in [6.07, 6.45) is 3.17. The highest BCUT2D eigenvalue weighted by Gasteiger charge is 2.35. The van der Waals surface area contributed by atoms with Gasteiger partial charge in [-0.25, -0.2) is 4.98 Å². The van der Waals surface area contributed by atoms with E-state index in [0.29, 0.717) is 6.04 Å². The molecule has 0 amide bonds. The number of rotatable bonds is 1. The van der Waals surface area contributed by atoms with Crippen LogP contribution in [-0.2, 0) is 0 Å². The Morgan fingerprint density at radius 3 is 2.89 bits per heavy atom. The Morgan fingerprint density at radius 1 is 1.22 bits per heavy atom. The zero-order valence-corrected chi connectivity index (χ0v) is 10.2. The van der Waals surface area contributed by atoms with Gasteiger partial charge in [-0.3, -0.25) is 4.98 Å². The Bertz CT molecular complexity index is 583. The second-order valence-corrected chi connectivity index (χ2v) is 5.23. The number of nitrogens with one attached hydrogen (secondary N) is 1. The molecule has 1 aromatic heterocycles. The normalized spacial score (nSPS) is 26.8. The molecule has 2 aliphatic heterocycles. The molecule has 2 unspecified atom stereocenters. The largest absolute Gasteiger partial charge is 0.354 e. The van der Waals surface area contributed by atoms with Gasteiger partial charge in [0.05, 0.1) is 17.2 Å². The first-order valence-electron chi connectivity index (χ1n) is 6.60. The minimum absolute atomic E-state index is 0.659. The van der Waals surface area contributed by atoms with Crippen molar-refractivity contribution in [2.75, 3.05) is 24.5 Å². The maximum absolute atomic E-state index is 4.72. The quantitative estimate of drug-likeness (QED) is 0.818. The van der Waals surface area contributed by atoms with E-state index >= 15 is 0 Å². The third-order valence-electron chi connectivity index (χ3n) is 4.16. The monoisotopic (exact) mass is 240 g/mol. The summed E-state index contributed by atoms with van der Waals surface area (Å²) < 4.78 is 0. The van der Waals surface area contributed by atoms with Crippen molar-refractivity contribution >= 4 is 16.9 Å². The van der Waals surface area contributed by atoms with Crippen LogP contribution in [0, 0.1) is 5.92 Å². The second kappa shape index (κ2) is 3.92. The summed E-state index contributed by atoms with van der Waals surface area (Å²) >= 11 is 0. The number of hydrogen-bond donors (Lipinski definition) is 1. The zero-order valence-electron chi connectivity index (χ0n) is 10.2. The number of piperidine rings is 1. The van der Waals surface area contributed by atoms with E-state index in [4.69, 9.17) is 4.98 Å². The van der Waals surface area contributed by atoms with Crippen molar-refractivity contribution < 1.29 is 0 Å². The van der Waals surface area contributed by atoms with Gasteiger partial charge < -0.3 is 10.2 Å². The first-order valence-corrected chi connectivity index (χ1v) is 6.60. The number of aromatic nitrogens is 2. The van der Waals surface area contributed by atoms with Gasteiger partial charge in [0.25, 0.3) is 0 Å². The maximum Gasteiger partial charge on any atom is 0.147 e. The molecule has 1 aromatic carbocycles. The fourth-order valence-electron chi connectivity index (χ4n) is 2.93. The van der Waals surface area contributed by atoms with Crippen LogP contribution in [0.2, 0.25) is 0 Å². The Balaban J connectivity index is 1.65. The van der Waals surface area contributed by atoms with Crippen molar-refractivity contribution in [2.24, 2.45) is 5.92 Å². The number of benzene rings is 1. The molecular weight excluding hydrogens is 224 g/mol. The summed E-state index contributed by atoms with van der Waals surface area (Å²) in [5.74, 6) is 1.90. The lowest BCUT2D eigenvalue weighted by Gasteiger charge is -2.46. The molecule has 0 radical (unpaired) electrons. The zero-order chi connectivity index (χ0) is 11.9. The highest BCUT2D eigenvalue weighted by molar-refractivity contribution is 5.75. The molecule has 0 aliphatic carbocycles. The van der Waals surface area contributed by atoms with Crippen LogP contribution >= 0.6 is 0 Å². The molecule has 2 fully saturated rings. The molecule has 18 heavy (non-hydrogen) atoms. The minimum Gasteiger partial charge on any atom is -0.354 e. The molecule has 2 saturated heterocycles. The van der Waals surface area contributed by atoms with Crippen LogP contribution in [0.5, 0.6) is 0 Å². The number of anilines is 1. The third-order valence-corrected chi connectivity index (χ3v) is 4.16. The maximum atomic E-state index is 4.72.